The Hall–Kier alpha value is 0.728. The number of aliphatic hydroxyl groups excluding tert-OH is 2. The fraction of sp³-hybridized carbons (Fsp3) is 0.474. The van der Waals surface area contributed by atoms with Crippen LogP contribution in [0.4, 0.5) is 27.1 Å². The van der Waals surface area contributed by atoms with Gasteiger partial charge < -0.3 is 82.6 Å². The topological polar surface area (TPSA) is 260 Å². The molecule has 120 heavy (non-hydrogen) atoms. The van der Waals surface area contributed by atoms with Crippen molar-refractivity contribution >= 4 is 222 Å². The predicted molar refractivity (Wildman–Crippen MR) is 509 cm³/mol. The Kier molecular flexibility index (Phi) is 78.3. The first-order valence-corrected chi connectivity index (χ1v) is 50.2. The Morgan fingerprint density at radius 2 is 0.875 bits per heavy atom. The summed E-state index contributed by atoms with van der Waals surface area (Å²) in [6.07, 6.45) is 1.25. The standard InChI is InChI=1S/C18H23ClN4OS.C13H18BrClN2.C13H19ClN2O.C13H17ClN2O.C7H4ClFO.C6H14N2.C5H6N2OS.CH2Cl2.CH2O3.CH4O.B.Br3P.2K.Na.2H/c1-3-22-7-9-23(10-8-22)16-6-4-5-15(19)14(16)12-25-18-20-13(2)11-17(24)21-18;1-2-16-6-8-17(9-7-16)13-5-3-4-12(15)11(13)10-14;2*1-2-15-6-8-16(9-7-15)13-5-3-4-12(14)11(13)10-17;8-6-2-1-3-7(9)5(6)4-10;1-2-8-5-3-7-4-6-8;1-3-2-4(8)7-5(9)6-3;2-1-3;2-1-4-3;1-2;;1-4(2)3;;;;;/h4-6,11H,3,7-10,12H2,1-2H3,(H,20,21,24);3-5H,2,6-10H2,1H3;3-5,17H,2,6-10H2,1H3;3-5,10H,2,6-9H2,1H3;1-4H;7H,2-6H2,1H3;2H,1H3,(H2,6,7,8,9);1H2;1,3H;2H,1H3;;;;;;;/q;;;;;;;;;;;;3*+1;2*-1/p-1. The van der Waals surface area contributed by atoms with E-state index in [1.807, 2.05) is 61.5 Å². The Balaban J connectivity index is -0.000000432. The van der Waals surface area contributed by atoms with E-state index < -0.39 is 5.82 Å². The smallest absolute Gasteiger partial charge is 1.00 e. The van der Waals surface area contributed by atoms with Crippen LogP contribution < -0.4 is 174 Å². The number of hydrogen-bond acceptors (Lipinski definition) is 22. The van der Waals surface area contributed by atoms with Crippen LogP contribution in [-0.4, -0.2) is 258 Å². The summed E-state index contributed by atoms with van der Waals surface area (Å²) >= 11 is 59.1. The molecule has 0 amide bonds. The summed E-state index contributed by atoms with van der Waals surface area (Å²) in [6, 6.07) is 30.7. The number of nitrogens with one attached hydrogen (secondary N) is 4. The first-order valence-electron chi connectivity index (χ1n) is 37.3. The van der Waals surface area contributed by atoms with Crippen molar-refractivity contribution < 1.29 is 174 Å². The first-order chi connectivity index (χ1) is 55.8. The maximum absolute atomic E-state index is 12.5. The van der Waals surface area contributed by atoms with Gasteiger partial charge in [0.25, 0.3) is 17.6 Å². The number of alkyl halides is 3. The minimum Gasteiger partial charge on any atom is -1.00 e. The number of benzene rings is 5. The normalized spacial score (nSPS) is 14.4. The number of aryl methyl sites for hydroxylation is 2. The Bertz CT molecular complexity index is 4020. The molecule has 7 aromatic rings. The minimum atomic E-state index is -0.581. The fourth-order valence-corrected chi connectivity index (χ4v) is 15.3. The Labute approximate surface area is 898 Å². The van der Waals surface area contributed by atoms with Crippen LogP contribution >= 0.6 is 172 Å². The number of nitrogens with zero attached hydrogens (tertiary/aromatic N) is 10. The molecular formula is C78H110BBr4Cl7FK2N14NaO9PS2. The van der Waals surface area contributed by atoms with E-state index >= 15 is 0 Å². The number of thioether (sulfide) groups is 1. The molecule has 0 spiro atoms. The van der Waals surface area contributed by atoms with E-state index in [-0.39, 0.29) is 188 Å². The monoisotopic (exact) mass is 2170 g/mol. The number of aliphatic hydroxyl groups is 2. The molecule has 5 aliphatic heterocycles. The van der Waals surface area contributed by atoms with Crippen LogP contribution in [0.2, 0.25) is 25.1 Å². The maximum atomic E-state index is 12.5. The zero-order chi connectivity index (χ0) is 86.5. The van der Waals surface area contributed by atoms with E-state index in [0.29, 0.717) is 37.6 Å². The van der Waals surface area contributed by atoms with Crippen LogP contribution in [0.5, 0.6) is 0 Å². The van der Waals surface area contributed by atoms with Crippen molar-refractivity contribution in [2.75, 3.05) is 196 Å². The summed E-state index contributed by atoms with van der Waals surface area (Å²) in [4.78, 5) is 88.6. The summed E-state index contributed by atoms with van der Waals surface area (Å²) in [5.41, 5.74) is 9.42. The number of hydrogen-bond donors (Lipinski definition) is 6. The largest absolute Gasteiger partial charge is 1.00 e. The van der Waals surface area contributed by atoms with Gasteiger partial charge in [-0.15, -0.1) is 23.2 Å². The van der Waals surface area contributed by atoms with E-state index in [4.69, 9.17) is 96.4 Å². The third-order valence-electron chi connectivity index (χ3n) is 18.3. The molecule has 12 rings (SSSR count). The summed E-state index contributed by atoms with van der Waals surface area (Å²) < 4.78 is 12.7. The molecule has 0 saturated carbocycles. The van der Waals surface area contributed by atoms with Crippen LogP contribution in [0, 0.1) is 24.4 Å². The van der Waals surface area contributed by atoms with E-state index in [0.717, 1.165) is 194 Å². The van der Waals surface area contributed by atoms with Gasteiger partial charge in [0.15, 0.2) is 22.5 Å². The molecule has 0 aliphatic carbocycles. The minimum absolute atomic E-state index is 0. The average Bonchev–Trinajstić information content (AvgIpc) is 0.832. The number of H-pyrrole nitrogens is 3. The molecule has 42 heteroatoms. The number of rotatable bonds is 17. The van der Waals surface area contributed by atoms with Crippen LogP contribution in [0.1, 0.15) is 86.3 Å². The van der Waals surface area contributed by atoms with Gasteiger partial charge in [-0.1, -0.05) is 151 Å². The van der Waals surface area contributed by atoms with Crippen molar-refractivity contribution in [3.8, 4) is 0 Å². The molecule has 653 valence electrons. The van der Waals surface area contributed by atoms with E-state index in [2.05, 4.69) is 196 Å². The molecule has 5 aromatic carbocycles. The zero-order valence-corrected chi connectivity index (χ0v) is 92.6. The van der Waals surface area contributed by atoms with Gasteiger partial charge in [-0.3, -0.25) is 29.0 Å². The fourth-order valence-electron chi connectivity index (χ4n) is 12.1. The summed E-state index contributed by atoms with van der Waals surface area (Å²) in [5, 5.41) is 32.7. The quantitative estimate of drug-likeness (QED) is 0.00594. The summed E-state index contributed by atoms with van der Waals surface area (Å²) in [7, 11) is 1.00. The molecule has 5 saturated heterocycles. The van der Waals surface area contributed by atoms with Crippen molar-refractivity contribution in [2.45, 2.75) is 71.3 Å². The molecule has 0 atom stereocenters. The van der Waals surface area contributed by atoms with Crippen LogP contribution in [0.25, 0.3) is 0 Å². The molecule has 2 aromatic heterocycles. The predicted octanol–water partition coefficient (Wildman–Crippen LogP) is 7.47. The van der Waals surface area contributed by atoms with Gasteiger partial charge in [0.2, 0.25) is 0 Å². The van der Waals surface area contributed by atoms with E-state index in [9.17, 15) is 28.7 Å². The summed E-state index contributed by atoms with van der Waals surface area (Å²) in [5.74, 6) is 0.0950. The van der Waals surface area contributed by atoms with Crippen LogP contribution in [0.3, 0.4) is 0 Å². The van der Waals surface area contributed by atoms with Gasteiger partial charge in [0.05, 0.1) is 33.1 Å². The van der Waals surface area contributed by atoms with Gasteiger partial charge in [0, 0.05) is 236 Å². The van der Waals surface area contributed by atoms with Crippen molar-refractivity contribution in [1.29, 1.82) is 0 Å². The van der Waals surface area contributed by atoms with E-state index in [1.165, 1.54) is 91.8 Å². The second kappa shape index (κ2) is 75.3. The molecule has 0 bridgehead atoms. The van der Waals surface area contributed by atoms with E-state index in [1.54, 1.807) is 13.0 Å². The SMILES string of the molecule is BrP(Br)Br.CCN1CCN(c2cccc(Cl)c2C=O)CC1.CCN1CCN(c2cccc(Cl)c2CBr)CC1.CCN1CCN(c2cccc(Cl)c2CO)CC1.CCN1CCN(c2cccc(Cl)c2CSc2nc(C)cc(=O)[nH]2)CC1.CCN1CCNCC1.CO.Cc1cc(=O)[nH]c(=S)[nH]1.ClCCl.O=CO[O-].O=Cc1c(F)cccc1Cl.[B].[H-].[H-].[K+].[K+].[Na+]. The average molecular weight is 2180 g/mol. The number of carbonyl (C=O) groups excluding carboxylic acids is 3. The number of aldehydes is 2. The van der Waals surface area contributed by atoms with Gasteiger partial charge >= 0.3 is 132 Å². The Morgan fingerprint density at radius 3 is 1.20 bits per heavy atom. The number of anilines is 4. The van der Waals surface area contributed by atoms with Gasteiger partial charge in [-0.05, 0) is 166 Å². The second-order valence-electron chi connectivity index (χ2n) is 25.2. The molecule has 0 unspecified atom stereocenters. The molecule has 23 nitrogen and oxygen atoms in total. The van der Waals surface area contributed by atoms with Gasteiger partial charge in [-0.2, -0.15) is 0 Å². The second-order valence-corrected chi connectivity index (χ2v) is 45.3. The number of piperazine rings is 5. The first kappa shape index (κ1) is 125. The molecule has 6 N–H and O–H groups in total. The third kappa shape index (κ3) is 49.3. The van der Waals surface area contributed by atoms with Crippen molar-refractivity contribution in [1.82, 2.24) is 49.8 Å². The third-order valence-corrected chi connectivity index (χ3v) is 21.7. The maximum Gasteiger partial charge on any atom is 1.00 e. The van der Waals surface area contributed by atoms with Gasteiger partial charge in [-0.25, -0.2) is 9.37 Å². The number of halogens is 12. The van der Waals surface area contributed by atoms with Crippen LogP contribution in [0.15, 0.2) is 118 Å². The number of likely N-dealkylation sites (N-methyl/N-ethyl adjacent to an activating group) is 5. The van der Waals surface area contributed by atoms with Crippen LogP contribution in [-0.2, 0) is 27.4 Å². The van der Waals surface area contributed by atoms with Crippen molar-refractivity contribution in [3.05, 3.63) is 199 Å². The molecule has 3 radical (unpaired) electrons. The molecule has 5 fully saturated rings. The van der Waals surface area contributed by atoms with Crippen molar-refractivity contribution in [2.24, 2.45) is 0 Å². The number of aromatic nitrogens is 4. The number of aromatic amines is 3. The molecule has 7 heterocycles. The molecular weight excluding hydrogens is 2070 g/mol. The summed E-state index contributed by atoms with van der Waals surface area (Å²) in [6.45, 7) is 41.7. The zero-order valence-electron chi connectivity index (χ0n) is 72.2. The number of carbonyl (C=O) groups is 3. The van der Waals surface area contributed by atoms with Gasteiger partial charge in [0.1, 0.15) is 9.85 Å². The van der Waals surface area contributed by atoms with Crippen molar-refractivity contribution in [3.63, 3.8) is 0 Å². The molecule has 5 aliphatic rings. The Morgan fingerprint density at radius 1 is 0.550 bits per heavy atom.